The van der Waals surface area contributed by atoms with Gasteiger partial charge in [-0.1, -0.05) is 15.9 Å². The van der Waals surface area contributed by atoms with Crippen molar-refractivity contribution in [3.63, 3.8) is 0 Å². The van der Waals surface area contributed by atoms with Crippen LogP contribution < -0.4 is 14.8 Å². The monoisotopic (exact) mass is 1110 g/mol. The summed E-state index contributed by atoms with van der Waals surface area (Å²) in [4.78, 5) is 39.3. The Balaban J connectivity index is 0.000000172. The number of hydrogen-bond acceptors (Lipinski definition) is 14. The Morgan fingerprint density at radius 2 is 1.01 bits per heavy atom. The van der Waals surface area contributed by atoms with Crippen molar-refractivity contribution in [2.24, 2.45) is 0 Å². The van der Waals surface area contributed by atoms with Gasteiger partial charge < -0.3 is 52.4 Å². The van der Waals surface area contributed by atoms with Gasteiger partial charge in [0, 0.05) is 54.5 Å². The molecule has 0 spiro atoms. The maximum Gasteiger partial charge on any atom is 0.410 e. The number of carbonyl (C=O) groups is 2. The molecule has 3 aliphatic heterocycles. The van der Waals surface area contributed by atoms with Gasteiger partial charge in [0.25, 0.3) is 0 Å². The second kappa shape index (κ2) is 24.9. The van der Waals surface area contributed by atoms with Gasteiger partial charge in [0.05, 0.1) is 35.5 Å². The van der Waals surface area contributed by atoms with E-state index in [1.54, 1.807) is 27.7 Å². The molecular weight excluding hydrogens is 1040 g/mol. The van der Waals surface area contributed by atoms with Gasteiger partial charge in [-0.05, 0) is 142 Å². The number of fused-ring (bicyclic) bond motifs is 3. The van der Waals surface area contributed by atoms with E-state index in [-0.39, 0.29) is 43.7 Å². The van der Waals surface area contributed by atoms with Crippen LogP contribution in [0, 0.1) is 59.0 Å². The molecule has 0 aliphatic carbocycles. The topological polar surface area (TPSA) is 188 Å². The van der Waals surface area contributed by atoms with Crippen LogP contribution in [0.1, 0.15) is 126 Å². The molecule has 16 nitrogen and oxygen atoms in total. The maximum atomic E-state index is 14.7. The number of halogens is 4. The number of phenolic OH excluding ortho intramolecular Hbond substituents is 1. The van der Waals surface area contributed by atoms with Crippen molar-refractivity contribution in [1.29, 1.82) is 0 Å². The Hall–Kier alpha value is -6.54. The Labute approximate surface area is 444 Å². The molecule has 406 valence electrons. The summed E-state index contributed by atoms with van der Waals surface area (Å²) in [5.41, 5.74) is 8.43. The lowest BCUT2D eigenvalue weighted by atomic mass is 9.94. The van der Waals surface area contributed by atoms with E-state index in [0.717, 1.165) is 80.6 Å². The van der Waals surface area contributed by atoms with Crippen LogP contribution in [0.4, 0.5) is 22.8 Å². The Morgan fingerprint density at radius 1 is 0.613 bits per heavy atom. The summed E-state index contributed by atoms with van der Waals surface area (Å²) in [6.45, 7) is 25.3. The first kappa shape index (κ1) is 57.7. The summed E-state index contributed by atoms with van der Waals surface area (Å²) in [5.74, 6) is 2.16. The van der Waals surface area contributed by atoms with Crippen LogP contribution in [-0.4, -0.2) is 72.9 Å². The number of carbonyl (C=O) groups excluding carboxylic acids is 2. The molecule has 0 fully saturated rings. The first-order valence-electron chi connectivity index (χ1n) is 24.6. The fourth-order valence-corrected chi connectivity index (χ4v) is 8.98. The molecule has 0 atom stereocenters. The smallest absolute Gasteiger partial charge is 0.410 e. The Morgan fingerprint density at radius 3 is 1.41 bits per heavy atom. The molecule has 6 aromatic rings. The molecule has 0 saturated heterocycles. The van der Waals surface area contributed by atoms with E-state index < -0.39 is 29.2 Å². The summed E-state index contributed by atoms with van der Waals surface area (Å²) in [6, 6.07) is 3.94. The molecule has 0 radical (unpaired) electrons. The minimum absolute atomic E-state index is 0.0352. The van der Waals surface area contributed by atoms with Crippen LogP contribution in [0.15, 0.2) is 50.6 Å². The zero-order valence-electron chi connectivity index (χ0n) is 44.8. The molecular formula is C55H68BrF3N6O10. The van der Waals surface area contributed by atoms with Crippen LogP contribution in [0.2, 0.25) is 0 Å². The quantitative estimate of drug-likeness (QED) is 0.144. The van der Waals surface area contributed by atoms with Crippen molar-refractivity contribution < 1.29 is 60.1 Å². The number of ether oxygens (including phenoxy) is 4. The number of alkyl halides is 1. The lowest BCUT2D eigenvalue weighted by Crippen LogP contribution is -2.40. The summed E-state index contributed by atoms with van der Waals surface area (Å²) in [6.07, 6.45) is 5.24. The first-order chi connectivity index (χ1) is 35.3. The van der Waals surface area contributed by atoms with Gasteiger partial charge in [-0.3, -0.25) is 0 Å². The molecule has 6 heterocycles. The van der Waals surface area contributed by atoms with Gasteiger partial charge in [0.15, 0.2) is 30.7 Å². The van der Waals surface area contributed by atoms with Crippen molar-refractivity contribution in [2.45, 2.75) is 152 Å². The summed E-state index contributed by atoms with van der Waals surface area (Å²) in [5, 5.41) is 13.6. The van der Waals surface area contributed by atoms with Gasteiger partial charge >= 0.3 is 12.2 Å². The van der Waals surface area contributed by atoms with Gasteiger partial charge in [-0.2, -0.15) is 0 Å². The molecule has 0 unspecified atom stereocenters. The number of aromatic nitrogens is 3. The molecule has 9 rings (SSSR count). The summed E-state index contributed by atoms with van der Waals surface area (Å²) < 4.78 is 80.4. The van der Waals surface area contributed by atoms with E-state index in [1.807, 2.05) is 55.4 Å². The molecule has 0 saturated carbocycles. The van der Waals surface area contributed by atoms with Crippen LogP contribution in [0.25, 0.3) is 0 Å². The lowest BCUT2D eigenvalue weighted by molar-refractivity contribution is 0.0211. The van der Waals surface area contributed by atoms with Crippen molar-refractivity contribution in [3.8, 4) is 17.2 Å². The fourth-order valence-electron chi connectivity index (χ4n) is 8.44. The number of nitrogens with zero attached hydrogens (tertiary/aromatic N) is 5. The largest absolute Gasteiger partial charge is 0.508 e. The highest BCUT2D eigenvalue weighted by Gasteiger charge is 2.31. The number of hydrogen-bond donors (Lipinski definition) is 2. The van der Waals surface area contributed by atoms with Gasteiger partial charge in [-0.25, -0.2) is 37.7 Å². The molecule has 0 bridgehead atoms. The van der Waals surface area contributed by atoms with E-state index in [9.17, 15) is 27.9 Å². The maximum absolute atomic E-state index is 14.7. The number of benzene rings is 3. The van der Waals surface area contributed by atoms with Crippen LogP contribution in [0.3, 0.4) is 0 Å². The third-order valence-electron chi connectivity index (χ3n) is 12.7. The normalized spacial score (nSPS) is 13.9. The lowest BCUT2D eigenvalue weighted by Gasteiger charge is -2.32. The van der Waals surface area contributed by atoms with Gasteiger partial charge in [-0.15, -0.1) is 0 Å². The number of phenols is 1. The van der Waals surface area contributed by atoms with Crippen molar-refractivity contribution >= 4 is 28.1 Å². The van der Waals surface area contributed by atoms with E-state index in [1.165, 1.54) is 41.1 Å². The van der Waals surface area contributed by atoms with Gasteiger partial charge in [0.2, 0.25) is 0 Å². The second-order valence-corrected chi connectivity index (χ2v) is 20.9. The molecule has 75 heavy (non-hydrogen) atoms. The molecule has 3 aliphatic rings. The summed E-state index contributed by atoms with van der Waals surface area (Å²) in [7, 11) is 0. The van der Waals surface area contributed by atoms with E-state index in [4.69, 9.17) is 32.2 Å². The van der Waals surface area contributed by atoms with Crippen LogP contribution in [0.5, 0.6) is 17.2 Å². The Bertz CT molecular complexity index is 2960. The first-order valence-corrected chi connectivity index (χ1v) is 25.7. The predicted molar refractivity (Wildman–Crippen MR) is 276 cm³/mol. The molecule has 2 N–H and O–H groups in total. The average molecular weight is 1110 g/mol. The molecule has 2 amide bonds. The summed E-state index contributed by atoms with van der Waals surface area (Å²) >= 11 is 3.25. The molecule has 20 heteroatoms. The number of rotatable bonds is 7. The average Bonchev–Trinajstić information content (AvgIpc) is 4.11. The fraction of sp³-hybridized carbons (Fsp3) is 0.473. The number of aryl methyl sites for hydroxylation is 3. The minimum atomic E-state index is -0.581. The Kier molecular flexibility index (Phi) is 19.1. The zero-order chi connectivity index (χ0) is 54.9. The van der Waals surface area contributed by atoms with E-state index in [2.05, 4.69) is 36.2 Å². The number of aromatic hydroxyl groups is 1. The number of amides is 2. The van der Waals surface area contributed by atoms with Gasteiger partial charge in [0.1, 0.15) is 64.9 Å². The molecule has 3 aromatic heterocycles. The second-order valence-electron chi connectivity index (χ2n) is 20.4. The van der Waals surface area contributed by atoms with Crippen LogP contribution in [-0.2, 0) is 66.9 Å². The van der Waals surface area contributed by atoms with E-state index in [0.29, 0.717) is 72.2 Å². The third-order valence-corrected chi connectivity index (χ3v) is 13.2. The highest BCUT2D eigenvalue weighted by Crippen LogP contribution is 2.35. The van der Waals surface area contributed by atoms with E-state index >= 15 is 0 Å². The van der Waals surface area contributed by atoms with Crippen molar-refractivity contribution in [1.82, 2.24) is 30.1 Å². The predicted octanol–water partition coefficient (Wildman–Crippen LogP) is 12.0. The number of oxazole rings is 3. The zero-order valence-corrected chi connectivity index (χ0v) is 46.4. The highest BCUT2D eigenvalue weighted by atomic mass is 79.9. The third kappa shape index (κ3) is 15.1. The molecule has 3 aromatic carbocycles. The number of nitrogens with one attached hydrogen (secondary N) is 1. The standard InChI is InChI=1S/C20H25FN2O4.C15H17FN2O2.C15H20FNO3.C5H6BrNO/c1-12-14-6-7-23(19(24)27-20(3,4)5)9-15(14)16(21)8-17(12)25-10-18-13(2)22-11-26-18;1-9-11-3-4-17-6-12(11)13(16)5-14(9)19-7-15-10(2)18-8-20-15;1-9-10-5-6-17(14(19)20-15(2,3)4)8-11(10)12(16)7-13(9)18;1-4-5(2-6)8-3-7-4/h8,11H,6-7,9-10H2,1-5H3;5,8,17H,3-4,6-7H2,1-2H3;7,18H,5-6,8H2,1-4H3;3H,2H2,1H3. The van der Waals surface area contributed by atoms with Crippen molar-refractivity contribution in [3.05, 3.63) is 139 Å². The highest BCUT2D eigenvalue weighted by molar-refractivity contribution is 9.08. The van der Waals surface area contributed by atoms with Crippen LogP contribution >= 0.6 is 15.9 Å². The van der Waals surface area contributed by atoms with Crippen molar-refractivity contribution in [2.75, 3.05) is 19.6 Å². The SMILES string of the molecule is Cc1c(O)cc(F)c2c1CCN(C(=O)OC(C)(C)C)C2.Cc1ncoc1CBr.Cc1ncoc1COc1cc(F)c2c(c1C)CCN(C(=O)OC(C)(C)C)C2.Cc1ncoc1COc1cc(F)c2c(c1C)CCNC2. The minimum Gasteiger partial charge on any atom is -0.508 e.